The quantitative estimate of drug-likeness (QED) is 0.388. The molecule has 2 heterocycles. The number of rotatable bonds is 8. The van der Waals surface area contributed by atoms with Crippen LogP contribution in [0.15, 0.2) is 77.8 Å². The van der Waals surface area contributed by atoms with Gasteiger partial charge in [0.2, 0.25) is 5.91 Å². The van der Waals surface area contributed by atoms with Gasteiger partial charge in [0, 0.05) is 18.7 Å². The van der Waals surface area contributed by atoms with Crippen molar-refractivity contribution in [2.24, 2.45) is 0 Å². The molecule has 0 saturated carbocycles. The van der Waals surface area contributed by atoms with Crippen LogP contribution in [0.2, 0.25) is 0 Å². The molecule has 0 radical (unpaired) electrons. The fourth-order valence-electron chi connectivity index (χ4n) is 3.16. The molecule has 0 bridgehead atoms. The van der Waals surface area contributed by atoms with Gasteiger partial charge >= 0.3 is 0 Å². The summed E-state index contributed by atoms with van der Waals surface area (Å²) in [6.07, 6.45) is 1.49. The van der Waals surface area contributed by atoms with Crippen molar-refractivity contribution in [3.63, 3.8) is 0 Å². The first kappa shape index (κ1) is 21.9. The molecule has 0 saturated heterocycles. The number of hydrogen-bond donors (Lipinski definition) is 0. The van der Waals surface area contributed by atoms with E-state index in [4.69, 9.17) is 4.74 Å². The second-order valence-corrected chi connectivity index (χ2v) is 10.1. The number of hydrogen-bond acceptors (Lipinski definition) is 7. The summed E-state index contributed by atoms with van der Waals surface area (Å²) in [7, 11) is -1.99. The van der Waals surface area contributed by atoms with Gasteiger partial charge < -0.3 is 4.74 Å². The van der Waals surface area contributed by atoms with E-state index in [2.05, 4.69) is 9.97 Å². The first-order valence-corrected chi connectivity index (χ1v) is 12.4. The van der Waals surface area contributed by atoms with Crippen LogP contribution in [0.4, 0.5) is 5.13 Å². The van der Waals surface area contributed by atoms with Crippen LogP contribution in [0.5, 0.6) is 5.75 Å². The van der Waals surface area contributed by atoms with Crippen molar-refractivity contribution < 1.29 is 17.9 Å². The number of carbonyl (C=O) groups is 1. The van der Waals surface area contributed by atoms with Gasteiger partial charge in [0.15, 0.2) is 15.0 Å². The average Bonchev–Trinajstić information content (AvgIpc) is 3.25. The predicted octanol–water partition coefficient (Wildman–Crippen LogP) is 4.10. The van der Waals surface area contributed by atoms with E-state index in [0.29, 0.717) is 22.1 Å². The summed E-state index contributed by atoms with van der Waals surface area (Å²) < 4.78 is 31.5. The number of pyridine rings is 1. The van der Waals surface area contributed by atoms with Crippen molar-refractivity contribution in [2.45, 2.75) is 17.9 Å². The lowest BCUT2D eigenvalue weighted by Crippen LogP contribution is -2.32. The number of amides is 1. The molecule has 2 aromatic heterocycles. The van der Waals surface area contributed by atoms with E-state index in [0.717, 1.165) is 4.70 Å². The van der Waals surface area contributed by atoms with Gasteiger partial charge in [0.05, 0.1) is 40.2 Å². The first-order chi connectivity index (χ1) is 15.5. The summed E-state index contributed by atoms with van der Waals surface area (Å²) in [5, 5.41) is 0.487. The van der Waals surface area contributed by atoms with Crippen LogP contribution in [0, 0.1) is 0 Å². The maximum atomic E-state index is 13.2. The Kier molecular flexibility index (Phi) is 6.48. The molecule has 0 N–H and O–H groups in total. The predicted molar refractivity (Wildman–Crippen MR) is 125 cm³/mol. The van der Waals surface area contributed by atoms with E-state index in [1.807, 2.05) is 24.3 Å². The molecule has 2 aromatic carbocycles. The summed E-state index contributed by atoms with van der Waals surface area (Å²) >= 11 is 1.36. The molecule has 0 unspecified atom stereocenters. The molecule has 32 heavy (non-hydrogen) atoms. The third-order valence-electron chi connectivity index (χ3n) is 4.85. The molecule has 0 aliphatic carbocycles. The van der Waals surface area contributed by atoms with Crippen molar-refractivity contribution in [3.05, 3.63) is 78.6 Å². The number of ether oxygens (including phenoxy) is 1. The van der Waals surface area contributed by atoms with Gasteiger partial charge in [-0.1, -0.05) is 35.6 Å². The van der Waals surface area contributed by atoms with Gasteiger partial charge in [-0.2, -0.15) is 0 Å². The lowest BCUT2D eigenvalue weighted by atomic mass is 10.3. The lowest BCUT2D eigenvalue weighted by Gasteiger charge is -2.19. The minimum Gasteiger partial charge on any atom is -0.497 e. The number of aromatic nitrogens is 2. The number of nitrogens with zero attached hydrogens (tertiary/aromatic N) is 3. The molecule has 9 heteroatoms. The molecular weight excluding hydrogens is 446 g/mol. The molecule has 7 nitrogen and oxygen atoms in total. The fraction of sp³-hybridized carbons (Fsp3) is 0.174. The standard InChI is InChI=1S/C23H21N3O4S2/c1-30-18-10-11-21-20(15-18)25-23(31-21)26(16-17-7-5-6-13-24-17)22(27)12-14-32(28,29)19-8-3-2-4-9-19/h2-11,13,15H,12,14,16H2,1H3. The zero-order valence-electron chi connectivity index (χ0n) is 17.3. The highest BCUT2D eigenvalue weighted by atomic mass is 32.2. The van der Waals surface area contributed by atoms with E-state index in [-0.39, 0.29) is 29.5 Å². The average molecular weight is 468 g/mol. The van der Waals surface area contributed by atoms with Crippen LogP contribution in [0.3, 0.4) is 0 Å². The molecule has 0 aliphatic rings. The Morgan fingerprint density at radius 2 is 1.84 bits per heavy atom. The number of anilines is 1. The highest BCUT2D eigenvalue weighted by Gasteiger charge is 2.24. The number of methoxy groups -OCH3 is 1. The van der Waals surface area contributed by atoms with Crippen molar-refractivity contribution in [1.29, 1.82) is 0 Å². The third kappa shape index (κ3) is 4.95. The topological polar surface area (TPSA) is 89.5 Å². The van der Waals surface area contributed by atoms with Gasteiger partial charge in [-0.25, -0.2) is 13.4 Å². The summed E-state index contributed by atoms with van der Waals surface area (Å²) in [6.45, 7) is 0.196. The van der Waals surface area contributed by atoms with Crippen LogP contribution in [0.1, 0.15) is 12.1 Å². The van der Waals surface area contributed by atoms with Crippen LogP contribution in [-0.4, -0.2) is 37.2 Å². The lowest BCUT2D eigenvalue weighted by molar-refractivity contribution is -0.118. The van der Waals surface area contributed by atoms with Crippen LogP contribution >= 0.6 is 11.3 Å². The molecule has 4 aromatic rings. The second-order valence-electron chi connectivity index (χ2n) is 7.01. The van der Waals surface area contributed by atoms with Crippen molar-refractivity contribution in [2.75, 3.05) is 17.8 Å². The highest BCUT2D eigenvalue weighted by Crippen LogP contribution is 2.32. The van der Waals surface area contributed by atoms with Crippen molar-refractivity contribution >= 4 is 42.4 Å². The molecule has 1 amide bonds. The van der Waals surface area contributed by atoms with Crippen LogP contribution < -0.4 is 9.64 Å². The molecule has 0 aliphatic heterocycles. The zero-order chi connectivity index (χ0) is 22.6. The fourth-order valence-corrected chi connectivity index (χ4v) is 5.37. The SMILES string of the molecule is COc1ccc2sc(N(Cc3ccccn3)C(=O)CCS(=O)(=O)c3ccccc3)nc2c1. The number of fused-ring (bicyclic) bond motifs is 1. The molecule has 164 valence electrons. The summed E-state index contributed by atoms with van der Waals surface area (Å²) in [4.78, 5) is 23.8. The largest absolute Gasteiger partial charge is 0.497 e. The van der Waals surface area contributed by atoms with E-state index < -0.39 is 9.84 Å². The molecule has 0 spiro atoms. The summed E-state index contributed by atoms with van der Waals surface area (Å²) in [5.74, 6) is 0.0555. The minimum absolute atomic E-state index is 0.163. The Balaban J connectivity index is 1.61. The third-order valence-corrected chi connectivity index (χ3v) is 7.64. The molecule has 0 atom stereocenters. The Morgan fingerprint density at radius 1 is 1.06 bits per heavy atom. The van der Waals surface area contributed by atoms with Gasteiger partial charge in [0.25, 0.3) is 0 Å². The Labute approximate surface area is 190 Å². The zero-order valence-corrected chi connectivity index (χ0v) is 19.0. The molecule has 0 fully saturated rings. The Hall–Kier alpha value is -3.30. The minimum atomic E-state index is -3.57. The van der Waals surface area contributed by atoms with E-state index in [1.54, 1.807) is 43.6 Å². The van der Waals surface area contributed by atoms with E-state index in [1.165, 1.54) is 28.4 Å². The van der Waals surface area contributed by atoms with Gasteiger partial charge in [-0.05, 0) is 36.4 Å². The maximum absolute atomic E-state index is 13.2. The van der Waals surface area contributed by atoms with Crippen LogP contribution in [-0.2, 0) is 21.2 Å². The smallest absolute Gasteiger partial charge is 0.230 e. The Bertz CT molecular complexity index is 1320. The number of thiazole rings is 1. The van der Waals surface area contributed by atoms with Crippen molar-refractivity contribution in [3.8, 4) is 5.75 Å². The van der Waals surface area contributed by atoms with E-state index >= 15 is 0 Å². The Morgan fingerprint density at radius 3 is 2.56 bits per heavy atom. The number of carbonyl (C=O) groups excluding carboxylic acids is 1. The highest BCUT2D eigenvalue weighted by molar-refractivity contribution is 7.91. The molecule has 4 rings (SSSR count). The van der Waals surface area contributed by atoms with Crippen molar-refractivity contribution in [1.82, 2.24) is 9.97 Å². The molecular formula is C23H21N3O4S2. The van der Waals surface area contributed by atoms with Crippen LogP contribution in [0.25, 0.3) is 10.2 Å². The number of benzene rings is 2. The second kappa shape index (κ2) is 9.46. The van der Waals surface area contributed by atoms with Gasteiger partial charge in [-0.15, -0.1) is 0 Å². The van der Waals surface area contributed by atoms with Gasteiger partial charge in [0.1, 0.15) is 5.75 Å². The summed E-state index contributed by atoms with van der Waals surface area (Å²) in [6, 6.07) is 19.1. The normalized spacial score (nSPS) is 11.4. The monoisotopic (exact) mass is 467 g/mol. The van der Waals surface area contributed by atoms with E-state index in [9.17, 15) is 13.2 Å². The summed E-state index contributed by atoms with van der Waals surface area (Å²) in [5.41, 5.74) is 1.39. The number of sulfone groups is 1. The first-order valence-electron chi connectivity index (χ1n) is 9.89. The maximum Gasteiger partial charge on any atom is 0.230 e. The van der Waals surface area contributed by atoms with Gasteiger partial charge in [-0.3, -0.25) is 14.7 Å².